The number of carboxylic acids is 1. The number of unbranched alkanes of at least 4 members (excludes halogenated alkanes) is 1. The topological polar surface area (TPSA) is 89.9 Å². The smallest absolute Gasteiger partial charge is 0.333 e. The molecule has 0 unspecified atom stereocenters. The van der Waals surface area contributed by atoms with Crippen molar-refractivity contribution in [1.82, 2.24) is 0 Å². The second kappa shape index (κ2) is 12.3. The van der Waals surface area contributed by atoms with Gasteiger partial charge < -0.3 is 14.6 Å². The number of ether oxygens (including phenoxy) is 2. The molecule has 0 heterocycles. The van der Waals surface area contributed by atoms with E-state index < -0.39 is 11.9 Å². The summed E-state index contributed by atoms with van der Waals surface area (Å²) in [6.07, 6.45) is 1.95. The normalized spacial score (nSPS) is 9.95. The predicted octanol–water partition coefficient (Wildman–Crippen LogP) is 2.03. The van der Waals surface area contributed by atoms with Crippen LogP contribution in [0.2, 0.25) is 0 Å². The van der Waals surface area contributed by atoms with Crippen molar-refractivity contribution in [2.45, 2.75) is 32.6 Å². The van der Waals surface area contributed by atoms with Gasteiger partial charge in [-0.15, -0.1) is 0 Å². The second-order valence-electron chi connectivity index (χ2n) is 4.35. The summed E-state index contributed by atoms with van der Waals surface area (Å²) in [5, 5.41) is 8.45. The summed E-state index contributed by atoms with van der Waals surface area (Å²) in [5.74, 6) is -0.146. The molecule has 0 atom stereocenters. The zero-order chi connectivity index (χ0) is 16.1. The van der Waals surface area contributed by atoms with E-state index in [1.165, 1.54) is 0 Å². The van der Waals surface area contributed by atoms with Gasteiger partial charge in [0, 0.05) is 17.7 Å². The SMILES string of the molecule is C=C(C)C(=O)OCCOC(=O)CCSCCCCC(=O)O. The molecular weight excluding hydrogens is 296 g/mol. The minimum atomic E-state index is -0.782. The van der Waals surface area contributed by atoms with Gasteiger partial charge in [-0.05, 0) is 25.5 Å². The summed E-state index contributed by atoms with van der Waals surface area (Å²) in [5.41, 5.74) is 0.306. The number of esters is 2. The first kappa shape index (κ1) is 19.5. The molecule has 0 aromatic carbocycles. The summed E-state index contributed by atoms with van der Waals surface area (Å²) in [7, 11) is 0. The molecule has 0 aliphatic carbocycles. The second-order valence-corrected chi connectivity index (χ2v) is 5.57. The third-order valence-electron chi connectivity index (χ3n) is 2.31. The van der Waals surface area contributed by atoms with E-state index in [-0.39, 0.29) is 32.0 Å². The fraction of sp³-hybridized carbons (Fsp3) is 0.643. The van der Waals surface area contributed by atoms with Gasteiger partial charge in [-0.2, -0.15) is 11.8 Å². The fourth-order valence-corrected chi connectivity index (χ4v) is 2.15. The molecule has 0 radical (unpaired) electrons. The number of hydrogen-bond donors (Lipinski definition) is 1. The molecule has 0 amide bonds. The van der Waals surface area contributed by atoms with Crippen LogP contribution in [0.1, 0.15) is 32.6 Å². The molecule has 1 N–H and O–H groups in total. The summed E-state index contributed by atoms with van der Waals surface area (Å²) in [6.45, 7) is 5.05. The van der Waals surface area contributed by atoms with Crippen molar-refractivity contribution in [2.24, 2.45) is 0 Å². The highest BCUT2D eigenvalue weighted by Gasteiger charge is 2.05. The van der Waals surface area contributed by atoms with Crippen molar-refractivity contribution < 1.29 is 29.0 Å². The molecule has 0 aliphatic rings. The molecule has 0 saturated carbocycles. The molecule has 0 fully saturated rings. The lowest BCUT2D eigenvalue weighted by molar-refractivity contribution is -0.149. The fourth-order valence-electron chi connectivity index (χ4n) is 1.22. The highest BCUT2D eigenvalue weighted by molar-refractivity contribution is 7.99. The summed E-state index contributed by atoms with van der Waals surface area (Å²) >= 11 is 1.59. The number of carboxylic acid groups (broad SMARTS) is 1. The van der Waals surface area contributed by atoms with Crippen molar-refractivity contribution in [3.05, 3.63) is 12.2 Å². The van der Waals surface area contributed by atoms with Crippen LogP contribution in [-0.4, -0.2) is 47.7 Å². The highest BCUT2D eigenvalue weighted by Crippen LogP contribution is 2.08. The Balaban J connectivity index is 3.37. The Morgan fingerprint density at radius 3 is 2.33 bits per heavy atom. The van der Waals surface area contributed by atoms with Gasteiger partial charge in [-0.1, -0.05) is 6.58 Å². The van der Waals surface area contributed by atoms with Gasteiger partial charge >= 0.3 is 17.9 Å². The molecule has 7 heteroatoms. The lowest BCUT2D eigenvalue weighted by Crippen LogP contribution is -2.14. The van der Waals surface area contributed by atoms with Crippen molar-refractivity contribution in [3.8, 4) is 0 Å². The molecule has 0 spiro atoms. The Morgan fingerprint density at radius 2 is 1.71 bits per heavy atom. The zero-order valence-corrected chi connectivity index (χ0v) is 13.1. The van der Waals surface area contributed by atoms with Gasteiger partial charge in [-0.25, -0.2) is 4.79 Å². The Bertz CT molecular complexity index is 366. The molecular formula is C14H22O6S. The number of aliphatic carboxylic acids is 1. The average Bonchev–Trinajstić information content (AvgIpc) is 2.41. The Labute approximate surface area is 128 Å². The summed E-state index contributed by atoms with van der Waals surface area (Å²) < 4.78 is 9.67. The van der Waals surface area contributed by atoms with E-state index in [0.29, 0.717) is 17.7 Å². The number of rotatable bonds is 12. The van der Waals surface area contributed by atoms with Crippen LogP contribution in [-0.2, 0) is 23.9 Å². The number of hydrogen-bond acceptors (Lipinski definition) is 6. The first-order valence-electron chi connectivity index (χ1n) is 6.71. The molecule has 0 rings (SSSR count). The molecule has 0 aromatic heterocycles. The standard InChI is InChI=1S/C14H22O6S/c1-11(2)14(18)20-8-7-19-13(17)6-10-21-9-4-3-5-12(15)16/h1,3-10H2,2H3,(H,15,16). The lowest BCUT2D eigenvalue weighted by Gasteiger charge is -2.06. The van der Waals surface area contributed by atoms with Crippen LogP contribution < -0.4 is 0 Å². The Hall–Kier alpha value is -1.50. The predicted molar refractivity (Wildman–Crippen MR) is 80.2 cm³/mol. The van der Waals surface area contributed by atoms with E-state index in [1.54, 1.807) is 18.7 Å². The van der Waals surface area contributed by atoms with Crippen molar-refractivity contribution >= 4 is 29.7 Å². The first-order chi connectivity index (χ1) is 9.93. The highest BCUT2D eigenvalue weighted by atomic mass is 32.2. The zero-order valence-electron chi connectivity index (χ0n) is 12.3. The van der Waals surface area contributed by atoms with E-state index in [4.69, 9.17) is 14.6 Å². The number of carbonyl (C=O) groups is 3. The maximum Gasteiger partial charge on any atom is 0.333 e. The summed E-state index contributed by atoms with van der Waals surface area (Å²) in [4.78, 5) is 32.6. The quantitative estimate of drug-likeness (QED) is 0.334. The minimum absolute atomic E-state index is 0.0275. The van der Waals surface area contributed by atoms with Gasteiger partial charge in [0.15, 0.2) is 0 Å². The van der Waals surface area contributed by atoms with E-state index >= 15 is 0 Å². The number of thioether (sulfide) groups is 1. The first-order valence-corrected chi connectivity index (χ1v) is 7.86. The molecule has 6 nitrogen and oxygen atoms in total. The maximum absolute atomic E-state index is 11.3. The summed E-state index contributed by atoms with van der Waals surface area (Å²) in [6, 6.07) is 0. The van der Waals surface area contributed by atoms with Gasteiger partial charge in [-0.3, -0.25) is 9.59 Å². The van der Waals surface area contributed by atoms with E-state index in [0.717, 1.165) is 12.2 Å². The maximum atomic E-state index is 11.3. The van der Waals surface area contributed by atoms with Crippen LogP contribution >= 0.6 is 11.8 Å². The molecule has 0 bridgehead atoms. The number of carbonyl (C=O) groups excluding carboxylic acids is 2. The van der Waals surface area contributed by atoms with Gasteiger partial charge in [0.25, 0.3) is 0 Å². The molecule has 0 aromatic rings. The van der Waals surface area contributed by atoms with Gasteiger partial charge in [0.1, 0.15) is 13.2 Å². The van der Waals surface area contributed by atoms with Gasteiger partial charge in [0.2, 0.25) is 0 Å². The van der Waals surface area contributed by atoms with Crippen molar-refractivity contribution in [3.63, 3.8) is 0 Å². The monoisotopic (exact) mass is 318 g/mol. The van der Waals surface area contributed by atoms with Crippen molar-refractivity contribution in [2.75, 3.05) is 24.7 Å². The van der Waals surface area contributed by atoms with Crippen LogP contribution in [0.15, 0.2) is 12.2 Å². The van der Waals surface area contributed by atoms with E-state index in [9.17, 15) is 14.4 Å². The Kier molecular flexibility index (Phi) is 11.4. The largest absolute Gasteiger partial charge is 0.481 e. The van der Waals surface area contributed by atoms with Crippen LogP contribution in [0.3, 0.4) is 0 Å². The van der Waals surface area contributed by atoms with Gasteiger partial charge in [0.05, 0.1) is 6.42 Å². The Morgan fingerprint density at radius 1 is 1.05 bits per heavy atom. The van der Waals surface area contributed by atoms with Crippen LogP contribution in [0.5, 0.6) is 0 Å². The molecule has 0 saturated heterocycles. The third-order valence-corrected chi connectivity index (χ3v) is 3.38. The molecule has 120 valence electrons. The third kappa shape index (κ3) is 13.2. The molecule has 21 heavy (non-hydrogen) atoms. The van der Waals surface area contributed by atoms with Crippen LogP contribution in [0.25, 0.3) is 0 Å². The van der Waals surface area contributed by atoms with E-state index in [1.807, 2.05) is 0 Å². The van der Waals surface area contributed by atoms with Crippen LogP contribution in [0, 0.1) is 0 Å². The molecule has 0 aliphatic heterocycles. The average molecular weight is 318 g/mol. The van der Waals surface area contributed by atoms with Crippen LogP contribution in [0.4, 0.5) is 0 Å². The van der Waals surface area contributed by atoms with Crippen molar-refractivity contribution in [1.29, 1.82) is 0 Å². The van der Waals surface area contributed by atoms with E-state index in [2.05, 4.69) is 6.58 Å². The minimum Gasteiger partial charge on any atom is -0.481 e. The lowest BCUT2D eigenvalue weighted by atomic mass is 10.3.